The molecule has 1 heterocycles. The summed E-state index contributed by atoms with van der Waals surface area (Å²) < 4.78 is 13.0. The van der Waals surface area contributed by atoms with Gasteiger partial charge in [0.25, 0.3) is 0 Å². The minimum Gasteiger partial charge on any atom is -0.493 e. The van der Waals surface area contributed by atoms with E-state index in [2.05, 4.69) is 21.8 Å². The van der Waals surface area contributed by atoms with Crippen molar-refractivity contribution in [3.05, 3.63) is 30.1 Å². The average molecular weight is 289 g/mol. The molecular formula is C16H23N3O2. The van der Waals surface area contributed by atoms with Gasteiger partial charge < -0.3 is 19.4 Å². The van der Waals surface area contributed by atoms with E-state index in [4.69, 9.17) is 9.47 Å². The Hall–Kier alpha value is -2.01. The second-order valence-electron chi connectivity index (χ2n) is 4.84. The zero-order chi connectivity index (χ0) is 15.2. The largest absolute Gasteiger partial charge is 0.493 e. The van der Waals surface area contributed by atoms with Crippen molar-refractivity contribution in [3.8, 4) is 22.9 Å². The Morgan fingerprint density at radius 1 is 1.19 bits per heavy atom. The van der Waals surface area contributed by atoms with Crippen molar-refractivity contribution in [1.29, 1.82) is 0 Å². The van der Waals surface area contributed by atoms with Crippen LogP contribution in [-0.2, 0) is 13.1 Å². The van der Waals surface area contributed by atoms with Gasteiger partial charge in [-0.25, -0.2) is 4.98 Å². The van der Waals surface area contributed by atoms with E-state index in [1.54, 1.807) is 14.2 Å². The van der Waals surface area contributed by atoms with Gasteiger partial charge in [0.05, 0.1) is 14.2 Å². The van der Waals surface area contributed by atoms with Gasteiger partial charge in [-0.3, -0.25) is 0 Å². The SMILES string of the molecule is CCCn1ccnc1-c1cc(OC)c(OC)cc1CNC. The summed E-state index contributed by atoms with van der Waals surface area (Å²) in [4.78, 5) is 4.52. The number of ether oxygens (including phenoxy) is 2. The van der Waals surface area contributed by atoms with Gasteiger partial charge in [-0.15, -0.1) is 0 Å². The van der Waals surface area contributed by atoms with Crippen LogP contribution in [0.4, 0.5) is 0 Å². The Labute approximate surface area is 125 Å². The van der Waals surface area contributed by atoms with Gasteiger partial charge in [-0.05, 0) is 31.2 Å². The average Bonchev–Trinajstić information content (AvgIpc) is 2.95. The Morgan fingerprint density at radius 3 is 2.52 bits per heavy atom. The van der Waals surface area contributed by atoms with Crippen LogP contribution in [0.5, 0.6) is 11.5 Å². The van der Waals surface area contributed by atoms with Crippen LogP contribution >= 0.6 is 0 Å². The zero-order valence-electron chi connectivity index (χ0n) is 13.1. The minimum absolute atomic E-state index is 0.721. The second-order valence-corrected chi connectivity index (χ2v) is 4.84. The minimum atomic E-state index is 0.721. The number of hydrogen-bond donors (Lipinski definition) is 1. The molecule has 114 valence electrons. The highest BCUT2D eigenvalue weighted by Crippen LogP contribution is 2.35. The first-order valence-electron chi connectivity index (χ1n) is 7.16. The molecule has 2 aromatic rings. The van der Waals surface area contributed by atoms with Crippen molar-refractivity contribution in [3.63, 3.8) is 0 Å². The number of rotatable bonds is 7. The Morgan fingerprint density at radius 2 is 1.90 bits per heavy atom. The molecule has 0 atom stereocenters. The van der Waals surface area contributed by atoms with Crippen molar-refractivity contribution in [2.75, 3.05) is 21.3 Å². The van der Waals surface area contributed by atoms with Crippen LogP contribution in [-0.4, -0.2) is 30.8 Å². The molecule has 2 rings (SSSR count). The molecule has 5 nitrogen and oxygen atoms in total. The molecule has 0 saturated heterocycles. The maximum atomic E-state index is 5.43. The molecule has 0 amide bonds. The summed E-state index contributed by atoms with van der Waals surface area (Å²) in [5, 5.41) is 3.19. The van der Waals surface area contributed by atoms with Crippen molar-refractivity contribution in [2.45, 2.75) is 26.4 Å². The van der Waals surface area contributed by atoms with Crippen LogP contribution in [0.25, 0.3) is 11.4 Å². The number of hydrogen-bond acceptors (Lipinski definition) is 4. The van der Waals surface area contributed by atoms with E-state index in [0.717, 1.165) is 48.0 Å². The Balaban J connectivity index is 2.56. The molecule has 0 saturated carbocycles. The van der Waals surface area contributed by atoms with Crippen molar-refractivity contribution >= 4 is 0 Å². The molecule has 1 N–H and O–H groups in total. The summed E-state index contributed by atoms with van der Waals surface area (Å²) in [6.07, 6.45) is 4.92. The Kier molecular flexibility index (Phi) is 5.22. The molecule has 21 heavy (non-hydrogen) atoms. The quantitative estimate of drug-likeness (QED) is 0.851. The maximum absolute atomic E-state index is 5.43. The van der Waals surface area contributed by atoms with E-state index in [9.17, 15) is 0 Å². The van der Waals surface area contributed by atoms with E-state index in [1.807, 2.05) is 31.6 Å². The summed E-state index contributed by atoms with van der Waals surface area (Å²) in [6.45, 7) is 3.85. The van der Waals surface area contributed by atoms with Gasteiger partial charge in [0.15, 0.2) is 11.5 Å². The van der Waals surface area contributed by atoms with Gasteiger partial charge in [0.1, 0.15) is 5.82 Å². The zero-order valence-corrected chi connectivity index (χ0v) is 13.1. The smallest absolute Gasteiger partial charge is 0.161 e. The fourth-order valence-corrected chi connectivity index (χ4v) is 2.44. The number of benzene rings is 1. The van der Waals surface area contributed by atoms with E-state index < -0.39 is 0 Å². The normalized spacial score (nSPS) is 10.7. The van der Waals surface area contributed by atoms with Crippen LogP contribution in [0.3, 0.4) is 0 Å². The molecule has 0 aliphatic rings. The van der Waals surface area contributed by atoms with Crippen LogP contribution in [0, 0.1) is 0 Å². The predicted molar refractivity (Wildman–Crippen MR) is 83.8 cm³/mol. The first-order chi connectivity index (χ1) is 10.2. The van der Waals surface area contributed by atoms with E-state index in [0.29, 0.717) is 0 Å². The van der Waals surface area contributed by atoms with Crippen LogP contribution in [0.1, 0.15) is 18.9 Å². The van der Waals surface area contributed by atoms with Crippen molar-refractivity contribution < 1.29 is 9.47 Å². The third-order valence-corrected chi connectivity index (χ3v) is 3.40. The van der Waals surface area contributed by atoms with Crippen LogP contribution in [0.15, 0.2) is 24.5 Å². The molecule has 0 bridgehead atoms. The topological polar surface area (TPSA) is 48.3 Å². The summed E-state index contributed by atoms with van der Waals surface area (Å²) in [5.74, 6) is 2.42. The number of imidazole rings is 1. The molecule has 0 aliphatic carbocycles. The highest BCUT2D eigenvalue weighted by Gasteiger charge is 2.15. The Bertz CT molecular complexity index is 593. The van der Waals surface area contributed by atoms with Crippen molar-refractivity contribution in [2.24, 2.45) is 0 Å². The standard InChI is InChI=1S/C16H23N3O2/c1-5-7-19-8-6-18-16(19)13-10-15(21-4)14(20-3)9-12(13)11-17-2/h6,8-10,17H,5,7,11H2,1-4H3. The van der Waals surface area contributed by atoms with Crippen LogP contribution in [0.2, 0.25) is 0 Å². The lowest BCUT2D eigenvalue weighted by atomic mass is 10.0. The van der Waals surface area contributed by atoms with Gasteiger partial charge in [0, 0.05) is 31.0 Å². The number of aromatic nitrogens is 2. The van der Waals surface area contributed by atoms with Gasteiger partial charge in [-0.2, -0.15) is 0 Å². The second kappa shape index (κ2) is 7.13. The third-order valence-electron chi connectivity index (χ3n) is 3.40. The number of nitrogens with one attached hydrogen (secondary N) is 1. The maximum Gasteiger partial charge on any atom is 0.161 e. The molecule has 1 aromatic heterocycles. The molecule has 0 radical (unpaired) electrons. The summed E-state index contributed by atoms with van der Waals surface area (Å²) in [6, 6.07) is 4.01. The van der Waals surface area contributed by atoms with E-state index in [-0.39, 0.29) is 0 Å². The molecule has 0 unspecified atom stereocenters. The monoisotopic (exact) mass is 289 g/mol. The fraction of sp³-hybridized carbons (Fsp3) is 0.438. The molecule has 0 aliphatic heterocycles. The molecule has 5 heteroatoms. The van der Waals surface area contributed by atoms with E-state index >= 15 is 0 Å². The molecular weight excluding hydrogens is 266 g/mol. The molecule has 1 aromatic carbocycles. The summed E-state index contributed by atoms with van der Waals surface area (Å²) >= 11 is 0. The third kappa shape index (κ3) is 3.19. The summed E-state index contributed by atoms with van der Waals surface area (Å²) in [7, 11) is 5.23. The molecule has 0 spiro atoms. The van der Waals surface area contributed by atoms with Gasteiger partial charge in [-0.1, -0.05) is 6.92 Å². The lowest BCUT2D eigenvalue weighted by molar-refractivity contribution is 0.354. The van der Waals surface area contributed by atoms with Gasteiger partial charge in [0.2, 0.25) is 0 Å². The summed E-state index contributed by atoms with van der Waals surface area (Å²) in [5.41, 5.74) is 2.21. The highest BCUT2D eigenvalue weighted by molar-refractivity contribution is 5.66. The first kappa shape index (κ1) is 15.4. The highest BCUT2D eigenvalue weighted by atomic mass is 16.5. The van der Waals surface area contributed by atoms with Crippen LogP contribution < -0.4 is 14.8 Å². The fourth-order valence-electron chi connectivity index (χ4n) is 2.44. The van der Waals surface area contributed by atoms with Gasteiger partial charge >= 0.3 is 0 Å². The lowest BCUT2D eigenvalue weighted by Crippen LogP contribution is -2.09. The number of aryl methyl sites for hydroxylation is 1. The predicted octanol–water partition coefficient (Wildman–Crippen LogP) is 2.70. The van der Waals surface area contributed by atoms with E-state index in [1.165, 1.54) is 0 Å². The van der Waals surface area contributed by atoms with Crippen molar-refractivity contribution in [1.82, 2.24) is 14.9 Å². The number of nitrogens with zero attached hydrogens (tertiary/aromatic N) is 2. The molecule has 0 fully saturated rings. The first-order valence-corrected chi connectivity index (χ1v) is 7.16. The lowest BCUT2D eigenvalue weighted by Gasteiger charge is -2.15. The number of methoxy groups -OCH3 is 2.